The quantitative estimate of drug-likeness (QED) is 0.854. The molecule has 2 heterocycles. The van der Waals surface area contributed by atoms with Crippen LogP contribution in [-0.2, 0) is 17.1 Å². The van der Waals surface area contributed by atoms with Gasteiger partial charge in [0.25, 0.3) is 10.0 Å². The van der Waals surface area contributed by atoms with Crippen LogP contribution in [0, 0.1) is 6.92 Å². The third-order valence-electron chi connectivity index (χ3n) is 3.35. The van der Waals surface area contributed by atoms with Gasteiger partial charge in [-0.3, -0.25) is 0 Å². The SMILES string of the molecule is CCCC1(O)CN(S(=O)(=O)c2cn(C)c(C)n2)C1. The molecule has 0 amide bonds. The van der Waals surface area contributed by atoms with Crippen molar-refractivity contribution in [2.45, 2.75) is 37.3 Å². The summed E-state index contributed by atoms with van der Waals surface area (Å²) < 4.78 is 27.4. The van der Waals surface area contributed by atoms with Crippen LogP contribution in [0.1, 0.15) is 25.6 Å². The first-order chi connectivity index (χ1) is 8.28. The Hall–Kier alpha value is -0.920. The molecular weight excluding hydrogens is 254 g/mol. The van der Waals surface area contributed by atoms with E-state index in [1.54, 1.807) is 18.5 Å². The molecule has 6 nitrogen and oxygen atoms in total. The van der Waals surface area contributed by atoms with Gasteiger partial charge in [0.2, 0.25) is 0 Å². The van der Waals surface area contributed by atoms with Gasteiger partial charge < -0.3 is 9.67 Å². The van der Waals surface area contributed by atoms with Crippen molar-refractivity contribution in [3.05, 3.63) is 12.0 Å². The minimum absolute atomic E-state index is 0.0565. The zero-order valence-electron chi connectivity index (χ0n) is 10.9. The number of β-amino-alcohol motifs (C(OH)–C–C–N with tert-alkyl or cyclic N) is 1. The lowest BCUT2D eigenvalue weighted by molar-refractivity contribution is -0.0654. The van der Waals surface area contributed by atoms with Gasteiger partial charge in [0.15, 0.2) is 5.03 Å². The summed E-state index contributed by atoms with van der Waals surface area (Å²) in [6, 6.07) is 0. The number of aliphatic hydroxyl groups is 1. The highest BCUT2D eigenvalue weighted by molar-refractivity contribution is 7.89. The molecule has 0 aromatic carbocycles. The molecule has 1 N–H and O–H groups in total. The molecule has 0 unspecified atom stereocenters. The molecule has 0 radical (unpaired) electrons. The van der Waals surface area contributed by atoms with E-state index in [4.69, 9.17) is 0 Å². The van der Waals surface area contributed by atoms with Crippen molar-refractivity contribution < 1.29 is 13.5 Å². The summed E-state index contributed by atoms with van der Waals surface area (Å²) in [5.41, 5.74) is -0.856. The molecule has 0 bridgehead atoms. The first-order valence-electron chi connectivity index (χ1n) is 6.01. The van der Waals surface area contributed by atoms with Crippen molar-refractivity contribution in [3.8, 4) is 0 Å². The number of rotatable bonds is 4. The molecule has 18 heavy (non-hydrogen) atoms. The highest BCUT2D eigenvalue weighted by atomic mass is 32.2. The minimum Gasteiger partial charge on any atom is -0.387 e. The van der Waals surface area contributed by atoms with Crippen LogP contribution >= 0.6 is 0 Å². The largest absolute Gasteiger partial charge is 0.387 e. The fourth-order valence-corrected chi connectivity index (χ4v) is 3.81. The molecule has 0 atom stereocenters. The van der Waals surface area contributed by atoms with Crippen LogP contribution < -0.4 is 0 Å². The second-order valence-electron chi connectivity index (χ2n) is 4.98. The first-order valence-corrected chi connectivity index (χ1v) is 7.45. The van der Waals surface area contributed by atoms with Crippen LogP contribution in [0.5, 0.6) is 0 Å². The van der Waals surface area contributed by atoms with E-state index in [1.807, 2.05) is 6.92 Å². The molecule has 1 aromatic rings. The maximum absolute atomic E-state index is 12.2. The third-order valence-corrected chi connectivity index (χ3v) is 5.01. The summed E-state index contributed by atoms with van der Waals surface area (Å²) in [6.07, 6.45) is 2.97. The van der Waals surface area contributed by atoms with E-state index in [0.717, 1.165) is 6.42 Å². The summed E-state index contributed by atoms with van der Waals surface area (Å²) in [5.74, 6) is 0.651. The van der Waals surface area contributed by atoms with E-state index >= 15 is 0 Å². The van der Waals surface area contributed by atoms with Crippen molar-refractivity contribution in [3.63, 3.8) is 0 Å². The van der Waals surface area contributed by atoms with Crippen molar-refractivity contribution in [2.24, 2.45) is 7.05 Å². The minimum atomic E-state index is -3.55. The first kappa shape index (κ1) is 13.5. The van der Waals surface area contributed by atoms with Gasteiger partial charge in [0, 0.05) is 26.3 Å². The Balaban J connectivity index is 2.15. The van der Waals surface area contributed by atoms with Crippen LogP contribution in [-0.4, -0.2) is 46.1 Å². The topological polar surface area (TPSA) is 75.4 Å². The Morgan fingerprint density at radius 1 is 1.50 bits per heavy atom. The number of aryl methyl sites for hydroxylation is 2. The van der Waals surface area contributed by atoms with Crippen molar-refractivity contribution in [2.75, 3.05) is 13.1 Å². The predicted octanol–water partition coefficient (Wildman–Crippen LogP) is 0.264. The Bertz CT molecular complexity index is 524. The van der Waals surface area contributed by atoms with E-state index in [1.165, 1.54) is 10.5 Å². The molecule has 1 fully saturated rings. The monoisotopic (exact) mass is 273 g/mol. The average Bonchev–Trinajstić information content (AvgIpc) is 2.56. The average molecular weight is 273 g/mol. The van der Waals surface area contributed by atoms with Crippen LogP contribution in [0.25, 0.3) is 0 Å². The van der Waals surface area contributed by atoms with Gasteiger partial charge in [-0.25, -0.2) is 13.4 Å². The van der Waals surface area contributed by atoms with Crippen molar-refractivity contribution in [1.29, 1.82) is 0 Å². The molecule has 0 saturated carbocycles. The molecule has 0 aliphatic carbocycles. The predicted molar refractivity (Wildman–Crippen MR) is 66.6 cm³/mol. The second kappa shape index (κ2) is 4.32. The van der Waals surface area contributed by atoms with Gasteiger partial charge in [0.1, 0.15) is 5.82 Å². The summed E-state index contributed by atoms with van der Waals surface area (Å²) in [5, 5.41) is 10.1. The fourth-order valence-electron chi connectivity index (χ4n) is 2.19. The molecule has 1 aromatic heterocycles. The lowest BCUT2D eigenvalue weighted by atomic mass is 9.92. The number of sulfonamides is 1. The van der Waals surface area contributed by atoms with E-state index < -0.39 is 15.6 Å². The molecule has 7 heteroatoms. The van der Waals surface area contributed by atoms with Gasteiger partial charge in [-0.15, -0.1) is 0 Å². The number of hydrogen-bond donors (Lipinski definition) is 1. The summed E-state index contributed by atoms with van der Waals surface area (Å²) in [6.45, 7) is 4.05. The maximum atomic E-state index is 12.2. The van der Waals surface area contributed by atoms with Gasteiger partial charge in [-0.1, -0.05) is 13.3 Å². The third kappa shape index (κ3) is 2.17. The van der Waals surface area contributed by atoms with Crippen LogP contribution in [0.2, 0.25) is 0 Å². The highest BCUT2D eigenvalue weighted by Crippen LogP contribution is 2.30. The van der Waals surface area contributed by atoms with Crippen molar-refractivity contribution in [1.82, 2.24) is 13.9 Å². The Morgan fingerprint density at radius 2 is 2.11 bits per heavy atom. The van der Waals surface area contributed by atoms with Gasteiger partial charge in [-0.05, 0) is 13.3 Å². The number of hydrogen-bond acceptors (Lipinski definition) is 4. The summed E-state index contributed by atoms with van der Waals surface area (Å²) in [7, 11) is -1.80. The lowest BCUT2D eigenvalue weighted by Crippen LogP contribution is -2.63. The van der Waals surface area contributed by atoms with Gasteiger partial charge in [0.05, 0.1) is 5.60 Å². The number of aromatic nitrogens is 2. The zero-order chi connectivity index (χ0) is 13.6. The molecule has 1 saturated heterocycles. The molecule has 0 spiro atoms. The Labute approximate surface area is 107 Å². The number of imidazole rings is 1. The Kier molecular flexibility index (Phi) is 3.25. The van der Waals surface area contributed by atoms with Crippen LogP contribution in [0.3, 0.4) is 0 Å². The second-order valence-corrected chi connectivity index (χ2v) is 6.87. The number of nitrogens with zero attached hydrogens (tertiary/aromatic N) is 3. The summed E-state index contributed by atoms with van der Waals surface area (Å²) >= 11 is 0. The molecule has 2 rings (SSSR count). The van der Waals surface area contributed by atoms with Gasteiger partial charge >= 0.3 is 0 Å². The zero-order valence-corrected chi connectivity index (χ0v) is 11.7. The Morgan fingerprint density at radius 3 is 2.56 bits per heavy atom. The van der Waals surface area contributed by atoms with E-state index in [9.17, 15) is 13.5 Å². The molecule has 1 aliphatic heterocycles. The maximum Gasteiger partial charge on any atom is 0.262 e. The highest BCUT2D eigenvalue weighted by Gasteiger charge is 2.47. The van der Waals surface area contributed by atoms with E-state index in [2.05, 4.69) is 4.98 Å². The van der Waals surface area contributed by atoms with E-state index in [-0.39, 0.29) is 18.1 Å². The lowest BCUT2D eigenvalue weighted by Gasteiger charge is -2.44. The van der Waals surface area contributed by atoms with Crippen molar-refractivity contribution >= 4 is 10.0 Å². The van der Waals surface area contributed by atoms with Crippen LogP contribution in [0.15, 0.2) is 11.2 Å². The fraction of sp³-hybridized carbons (Fsp3) is 0.727. The normalized spacial score (nSPS) is 19.8. The van der Waals surface area contributed by atoms with Gasteiger partial charge in [-0.2, -0.15) is 4.31 Å². The molecular formula is C11H19N3O3S. The summed E-state index contributed by atoms with van der Waals surface area (Å²) in [4.78, 5) is 4.03. The standard InChI is InChI=1S/C11H19N3O3S/c1-4-5-11(15)7-14(8-11)18(16,17)10-6-13(3)9(2)12-10/h6,15H,4-5,7-8H2,1-3H3. The molecule has 102 valence electrons. The smallest absolute Gasteiger partial charge is 0.262 e. The molecule has 1 aliphatic rings. The van der Waals surface area contributed by atoms with Crippen LogP contribution in [0.4, 0.5) is 0 Å². The van der Waals surface area contributed by atoms with E-state index in [0.29, 0.717) is 12.2 Å².